The molecule has 1 atom stereocenters. The molecule has 1 unspecified atom stereocenters. The molecular weight excluding hydrogens is 396 g/mol. The van der Waals surface area contributed by atoms with Crippen molar-refractivity contribution in [1.82, 2.24) is 15.5 Å². The highest BCUT2D eigenvalue weighted by Crippen LogP contribution is 2.26. The van der Waals surface area contributed by atoms with Crippen LogP contribution in [0.4, 0.5) is 0 Å². The van der Waals surface area contributed by atoms with Crippen molar-refractivity contribution in [3.05, 3.63) is 71.3 Å². The third-order valence-electron chi connectivity index (χ3n) is 4.93. The van der Waals surface area contributed by atoms with Gasteiger partial charge in [-0.25, -0.2) is 0 Å². The number of imide groups is 1. The number of nitrogens with one attached hydrogen (secondary N) is 2. The fourth-order valence-corrected chi connectivity index (χ4v) is 3.41. The van der Waals surface area contributed by atoms with Crippen LogP contribution in [0, 0.1) is 11.3 Å². The zero-order valence-corrected chi connectivity index (χ0v) is 16.8. The standard InChI is InChI=1S/C23H22N4O4/c24-12-11-20(28)25-13-6-14-26-21(29)19(15-16-7-2-1-3-8-16)27-22(30)17-9-4-5-10-18(17)23(27)31/h1-5,7-10,19H,6,11,13-15H2,(H,25,28)(H,26,29). The molecule has 1 aliphatic rings. The Morgan fingerprint density at radius 3 is 2.10 bits per heavy atom. The van der Waals surface area contributed by atoms with E-state index >= 15 is 0 Å². The van der Waals surface area contributed by atoms with Gasteiger partial charge in [-0.05, 0) is 24.1 Å². The lowest BCUT2D eigenvalue weighted by Gasteiger charge is -2.25. The van der Waals surface area contributed by atoms with E-state index in [0.717, 1.165) is 10.5 Å². The Morgan fingerprint density at radius 2 is 1.48 bits per heavy atom. The summed E-state index contributed by atoms with van der Waals surface area (Å²) in [6.07, 6.45) is 0.422. The van der Waals surface area contributed by atoms with Crippen LogP contribution in [0.5, 0.6) is 0 Å². The van der Waals surface area contributed by atoms with Crippen molar-refractivity contribution in [2.24, 2.45) is 0 Å². The van der Waals surface area contributed by atoms with Crippen LogP contribution < -0.4 is 10.6 Å². The fourth-order valence-electron chi connectivity index (χ4n) is 3.41. The average molecular weight is 418 g/mol. The molecule has 2 N–H and O–H groups in total. The molecule has 0 fully saturated rings. The smallest absolute Gasteiger partial charge is 0.262 e. The summed E-state index contributed by atoms with van der Waals surface area (Å²) < 4.78 is 0. The molecule has 0 saturated carbocycles. The van der Waals surface area contributed by atoms with Crippen LogP contribution in [0.25, 0.3) is 0 Å². The Morgan fingerprint density at radius 1 is 0.903 bits per heavy atom. The number of carbonyl (C=O) groups excluding carboxylic acids is 4. The van der Waals surface area contributed by atoms with Crippen LogP contribution >= 0.6 is 0 Å². The lowest BCUT2D eigenvalue weighted by Crippen LogP contribution is -2.51. The monoisotopic (exact) mass is 418 g/mol. The van der Waals surface area contributed by atoms with Crippen LogP contribution in [0.15, 0.2) is 54.6 Å². The van der Waals surface area contributed by atoms with Gasteiger partial charge in [0.25, 0.3) is 11.8 Å². The summed E-state index contributed by atoms with van der Waals surface area (Å²) in [6, 6.07) is 16.5. The first-order chi connectivity index (χ1) is 15.0. The predicted octanol–water partition coefficient (Wildman–Crippen LogP) is 1.43. The molecule has 3 rings (SSSR count). The summed E-state index contributed by atoms with van der Waals surface area (Å²) in [5.74, 6) is -1.79. The van der Waals surface area contributed by atoms with Gasteiger partial charge in [0.1, 0.15) is 12.5 Å². The molecule has 2 aromatic carbocycles. The minimum absolute atomic E-state index is 0.192. The van der Waals surface area contributed by atoms with E-state index in [1.165, 1.54) is 0 Å². The molecule has 8 heteroatoms. The second-order valence-corrected chi connectivity index (χ2v) is 7.06. The van der Waals surface area contributed by atoms with Crippen LogP contribution in [-0.2, 0) is 16.0 Å². The lowest BCUT2D eigenvalue weighted by molar-refractivity contribution is -0.125. The molecule has 31 heavy (non-hydrogen) atoms. The highest BCUT2D eigenvalue weighted by atomic mass is 16.2. The van der Waals surface area contributed by atoms with Gasteiger partial charge in [0.05, 0.1) is 17.2 Å². The molecule has 0 aliphatic carbocycles. The van der Waals surface area contributed by atoms with Crippen molar-refractivity contribution in [1.29, 1.82) is 5.26 Å². The van der Waals surface area contributed by atoms with E-state index in [4.69, 9.17) is 5.26 Å². The largest absolute Gasteiger partial charge is 0.355 e. The number of fused-ring (bicyclic) bond motifs is 1. The van der Waals surface area contributed by atoms with Gasteiger partial charge in [-0.3, -0.25) is 24.1 Å². The summed E-state index contributed by atoms with van der Waals surface area (Å²) >= 11 is 0. The SMILES string of the molecule is N#CCC(=O)NCCCNC(=O)C(Cc1ccccc1)N1C(=O)c2ccccc2C1=O. The second kappa shape index (κ2) is 10.2. The van der Waals surface area contributed by atoms with E-state index < -0.39 is 23.8 Å². The molecule has 1 heterocycles. The predicted molar refractivity (Wildman–Crippen MR) is 112 cm³/mol. The van der Waals surface area contributed by atoms with E-state index in [-0.39, 0.29) is 25.3 Å². The molecule has 0 aromatic heterocycles. The number of rotatable bonds is 9. The maximum Gasteiger partial charge on any atom is 0.262 e. The van der Waals surface area contributed by atoms with Gasteiger partial charge in [-0.1, -0.05) is 42.5 Å². The number of hydrogen-bond acceptors (Lipinski definition) is 5. The molecule has 0 saturated heterocycles. The van der Waals surface area contributed by atoms with Crippen LogP contribution in [-0.4, -0.2) is 47.7 Å². The van der Waals surface area contributed by atoms with Crippen molar-refractivity contribution in [3.63, 3.8) is 0 Å². The summed E-state index contributed by atoms with van der Waals surface area (Å²) in [6.45, 7) is 0.553. The Labute approximate surface area is 179 Å². The Bertz CT molecular complexity index is 994. The average Bonchev–Trinajstić information content (AvgIpc) is 3.03. The topological polar surface area (TPSA) is 119 Å². The van der Waals surface area contributed by atoms with Crippen LogP contribution in [0.2, 0.25) is 0 Å². The van der Waals surface area contributed by atoms with Gasteiger partial charge in [0.2, 0.25) is 11.8 Å². The second-order valence-electron chi connectivity index (χ2n) is 7.06. The first-order valence-corrected chi connectivity index (χ1v) is 9.95. The number of nitrogens with zero attached hydrogens (tertiary/aromatic N) is 2. The van der Waals surface area contributed by atoms with E-state index in [1.54, 1.807) is 30.3 Å². The Balaban J connectivity index is 1.70. The maximum absolute atomic E-state index is 13.0. The molecule has 0 spiro atoms. The van der Waals surface area contributed by atoms with Crippen LogP contribution in [0.3, 0.4) is 0 Å². The van der Waals surface area contributed by atoms with E-state index in [9.17, 15) is 19.2 Å². The molecule has 0 bridgehead atoms. The van der Waals surface area contributed by atoms with Gasteiger partial charge in [0.15, 0.2) is 0 Å². The van der Waals surface area contributed by atoms with Crippen LogP contribution in [0.1, 0.15) is 39.1 Å². The van der Waals surface area contributed by atoms with Gasteiger partial charge in [0, 0.05) is 19.5 Å². The van der Waals surface area contributed by atoms with E-state index in [0.29, 0.717) is 24.1 Å². The quantitative estimate of drug-likeness (QED) is 0.472. The van der Waals surface area contributed by atoms with E-state index in [2.05, 4.69) is 10.6 Å². The normalized spacial score (nSPS) is 13.3. The zero-order chi connectivity index (χ0) is 22.2. The Hall–Kier alpha value is -3.99. The third-order valence-corrected chi connectivity index (χ3v) is 4.93. The molecule has 158 valence electrons. The summed E-state index contributed by atoms with van der Waals surface area (Å²) in [5, 5.41) is 13.8. The molecule has 8 nitrogen and oxygen atoms in total. The Kier molecular flexibility index (Phi) is 7.12. The summed E-state index contributed by atoms with van der Waals surface area (Å²) in [4.78, 5) is 51.1. The van der Waals surface area contributed by atoms with E-state index in [1.807, 2.05) is 30.3 Å². The summed E-state index contributed by atoms with van der Waals surface area (Å²) in [5.41, 5.74) is 1.40. The number of benzene rings is 2. The molecule has 1 aliphatic heterocycles. The highest BCUT2D eigenvalue weighted by Gasteiger charge is 2.42. The van der Waals surface area contributed by atoms with Crippen molar-refractivity contribution in [2.45, 2.75) is 25.3 Å². The molecule has 4 amide bonds. The number of amides is 4. The van der Waals surface area contributed by atoms with Gasteiger partial charge < -0.3 is 10.6 Å². The number of hydrogen-bond donors (Lipinski definition) is 2. The van der Waals surface area contributed by atoms with Gasteiger partial charge >= 0.3 is 0 Å². The van der Waals surface area contributed by atoms with Crippen molar-refractivity contribution >= 4 is 23.6 Å². The first kappa shape index (κ1) is 21.7. The fraction of sp³-hybridized carbons (Fsp3) is 0.261. The number of carbonyl (C=O) groups is 4. The van der Waals surface area contributed by atoms with Crippen molar-refractivity contribution in [3.8, 4) is 6.07 Å². The highest BCUT2D eigenvalue weighted by molar-refractivity contribution is 6.22. The molecular formula is C23H22N4O4. The molecule has 2 aromatic rings. The maximum atomic E-state index is 13.0. The minimum atomic E-state index is -0.997. The van der Waals surface area contributed by atoms with Crippen molar-refractivity contribution < 1.29 is 19.2 Å². The van der Waals surface area contributed by atoms with Gasteiger partial charge in [-0.2, -0.15) is 5.26 Å². The first-order valence-electron chi connectivity index (χ1n) is 9.95. The minimum Gasteiger partial charge on any atom is -0.355 e. The zero-order valence-electron chi connectivity index (χ0n) is 16.8. The molecule has 0 radical (unpaired) electrons. The summed E-state index contributed by atoms with van der Waals surface area (Å²) in [7, 11) is 0. The van der Waals surface area contributed by atoms with Crippen molar-refractivity contribution in [2.75, 3.05) is 13.1 Å². The van der Waals surface area contributed by atoms with Gasteiger partial charge in [-0.15, -0.1) is 0 Å². The third kappa shape index (κ3) is 5.14. The number of nitriles is 1. The lowest BCUT2D eigenvalue weighted by atomic mass is 10.0.